The molecule has 0 aliphatic carbocycles. The van der Waals surface area contributed by atoms with Crippen molar-refractivity contribution in [2.45, 2.75) is 0 Å². The number of hydrogen-bond donors (Lipinski definition) is 0. The number of aromatic nitrogens is 1. The average molecular weight is 294 g/mol. The number of methoxy groups -OCH3 is 2. The second-order valence-corrected chi connectivity index (χ2v) is 5.14. The number of rotatable bonds is 7. The second-order valence-electron chi connectivity index (χ2n) is 4.28. The largest absolute Gasteiger partial charge is 0.383 e. The van der Waals surface area contributed by atoms with Gasteiger partial charge in [-0.25, -0.2) is 4.98 Å². The van der Waals surface area contributed by atoms with Gasteiger partial charge in [-0.1, -0.05) is 6.07 Å². The number of ether oxygens (including phenoxy) is 2. The van der Waals surface area contributed by atoms with E-state index in [1.807, 2.05) is 18.2 Å². The van der Waals surface area contributed by atoms with Crippen LogP contribution in [-0.2, 0) is 9.47 Å². The lowest BCUT2D eigenvalue weighted by atomic mass is 10.2. The molecular weight excluding hydrogens is 276 g/mol. The van der Waals surface area contributed by atoms with Crippen LogP contribution in [0.4, 0.5) is 0 Å². The van der Waals surface area contributed by atoms with E-state index in [9.17, 15) is 4.79 Å². The Morgan fingerprint density at radius 1 is 1.25 bits per heavy atom. The van der Waals surface area contributed by atoms with E-state index in [2.05, 4.69) is 4.98 Å². The fraction of sp³-hybridized carbons (Fsp3) is 0.429. The van der Waals surface area contributed by atoms with Crippen LogP contribution >= 0.6 is 11.3 Å². The summed E-state index contributed by atoms with van der Waals surface area (Å²) >= 11 is 1.49. The molecule has 1 aromatic carbocycles. The number of carbonyl (C=O) groups excluding carboxylic acids is 1. The molecule has 2 rings (SSSR count). The Bertz CT molecular complexity index is 562. The van der Waals surface area contributed by atoms with Crippen LogP contribution in [0.15, 0.2) is 23.7 Å². The van der Waals surface area contributed by atoms with Gasteiger partial charge >= 0.3 is 0 Å². The lowest BCUT2D eigenvalue weighted by Crippen LogP contribution is -2.36. The van der Waals surface area contributed by atoms with Crippen LogP contribution in [0.3, 0.4) is 0 Å². The lowest BCUT2D eigenvalue weighted by molar-refractivity contribution is 0.0629. The maximum absolute atomic E-state index is 12.7. The van der Waals surface area contributed by atoms with Crippen LogP contribution in [0.5, 0.6) is 0 Å². The number of fused-ring (bicyclic) bond motifs is 1. The van der Waals surface area contributed by atoms with E-state index in [-0.39, 0.29) is 5.91 Å². The number of hydrogen-bond acceptors (Lipinski definition) is 5. The summed E-state index contributed by atoms with van der Waals surface area (Å²) in [4.78, 5) is 18.7. The number of carbonyl (C=O) groups is 1. The van der Waals surface area contributed by atoms with Crippen molar-refractivity contribution in [3.8, 4) is 0 Å². The fourth-order valence-electron chi connectivity index (χ4n) is 1.94. The summed E-state index contributed by atoms with van der Waals surface area (Å²) in [6, 6.07) is 5.62. The number of benzene rings is 1. The molecule has 5 nitrogen and oxygen atoms in total. The first kappa shape index (κ1) is 14.9. The van der Waals surface area contributed by atoms with Gasteiger partial charge in [0.2, 0.25) is 0 Å². The van der Waals surface area contributed by atoms with Crippen molar-refractivity contribution in [3.05, 3.63) is 29.3 Å². The molecule has 0 spiro atoms. The number of thiazole rings is 1. The summed E-state index contributed by atoms with van der Waals surface area (Å²) in [7, 11) is 3.26. The van der Waals surface area contributed by atoms with Crippen molar-refractivity contribution in [1.82, 2.24) is 9.88 Å². The van der Waals surface area contributed by atoms with Crippen molar-refractivity contribution < 1.29 is 14.3 Å². The smallest absolute Gasteiger partial charge is 0.255 e. The molecular formula is C14H18N2O3S. The van der Waals surface area contributed by atoms with Crippen molar-refractivity contribution >= 4 is 27.5 Å². The van der Waals surface area contributed by atoms with Crippen LogP contribution in [0, 0.1) is 0 Å². The van der Waals surface area contributed by atoms with Crippen LogP contribution in [0.25, 0.3) is 10.2 Å². The molecule has 0 unspecified atom stereocenters. The minimum Gasteiger partial charge on any atom is -0.383 e. The Kier molecular flexibility index (Phi) is 5.46. The van der Waals surface area contributed by atoms with Gasteiger partial charge in [0.25, 0.3) is 5.91 Å². The Labute approximate surface area is 122 Å². The van der Waals surface area contributed by atoms with Crippen molar-refractivity contribution in [2.75, 3.05) is 40.5 Å². The standard InChI is InChI=1S/C14H18N2O3S/c1-18-8-6-16(7-9-19-2)14(17)11-4-3-5-12-13(11)20-10-15-12/h3-5,10H,6-9H2,1-2H3. The highest BCUT2D eigenvalue weighted by Gasteiger charge is 2.18. The zero-order chi connectivity index (χ0) is 14.4. The quantitative estimate of drug-likeness (QED) is 0.784. The Hall–Kier alpha value is -1.50. The number of nitrogens with zero attached hydrogens (tertiary/aromatic N) is 2. The summed E-state index contributed by atoms with van der Waals surface area (Å²) in [5.41, 5.74) is 3.31. The third kappa shape index (κ3) is 3.33. The molecule has 0 saturated heterocycles. The van der Waals surface area contributed by atoms with Crippen LogP contribution in [0.1, 0.15) is 10.4 Å². The van der Waals surface area contributed by atoms with Gasteiger partial charge in [-0.05, 0) is 12.1 Å². The van der Waals surface area contributed by atoms with E-state index < -0.39 is 0 Å². The molecule has 1 amide bonds. The highest BCUT2D eigenvalue weighted by molar-refractivity contribution is 7.17. The van der Waals surface area contributed by atoms with Gasteiger partial charge in [0.15, 0.2) is 0 Å². The zero-order valence-corrected chi connectivity index (χ0v) is 12.5. The first-order chi connectivity index (χ1) is 9.77. The number of amides is 1. The normalized spacial score (nSPS) is 10.9. The first-order valence-electron chi connectivity index (χ1n) is 6.37. The van der Waals surface area contributed by atoms with Gasteiger partial charge < -0.3 is 14.4 Å². The molecule has 0 fully saturated rings. The van der Waals surface area contributed by atoms with Crippen molar-refractivity contribution in [2.24, 2.45) is 0 Å². The lowest BCUT2D eigenvalue weighted by Gasteiger charge is -2.22. The predicted molar refractivity (Wildman–Crippen MR) is 79.3 cm³/mol. The SMILES string of the molecule is COCCN(CCOC)C(=O)c1cccc2ncsc12. The first-order valence-corrected chi connectivity index (χ1v) is 7.25. The van der Waals surface area contributed by atoms with Crippen molar-refractivity contribution in [3.63, 3.8) is 0 Å². The Morgan fingerprint density at radius 3 is 2.60 bits per heavy atom. The van der Waals surface area contributed by atoms with E-state index >= 15 is 0 Å². The topological polar surface area (TPSA) is 51.7 Å². The van der Waals surface area contributed by atoms with Crippen LogP contribution < -0.4 is 0 Å². The van der Waals surface area contributed by atoms with Gasteiger partial charge in [0.1, 0.15) is 0 Å². The van der Waals surface area contributed by atoms with Gasteiger partial charge in [0.05, 0.1) is 34.5 Å². The zero-order valence-electron chi connectivity index (χ0n) is 11.7. The summed E-state index contributed by atoms with van der Waals surface area (Å²) in [6.07, 6.45) is 0. The molecule has 6 heteroatoms. The predicted octanol–water partition coefficient (Wildman–Crippen LogP) is 2.03. The molecule has 1 aromatic heterocycles. The summed E-state index contributed by atoms with van der Waals surface area (Å²) < 4.78 is 11.1. The molecule has 0 radical (unpaired) electrons. The second kappa shape index (κ2) is 7.33. The molecule has 1 heterocycles. The van der Waals surface area contributed by atoms with Crippen molar-refractivity contribution in [1.29, 1.82) is 0 Å². The van der Waals surface area contributed by atoms with E-state index in [4.69, 9.17) is 9.47 Å². The van der Waals surface area contributed by atoms with Gasteiger partial charge in [-0.2, -0.15) is 0 Å². The maximum atomic E-state index is 12.7. The highest BCUT2D eigenvalue weighted by Crippen LogP contribution is 2.23. The van der Waals surface area contributed by atoms with E-state index in [0.29, 0.717) is 31.9 Å². The van der Waals surface area contributed by atoms with Crippen LogP contribution in [0.2, 0.25) is 0 Å². The van der Waals surface area contributed by atoms with E-state index in [1.54, 1.807) is 24.6 Å². The third-order valence-corrected chi connectivity index (χ3v) is 3.88. The Morgan fingerprint density at radius 2 is 1.95 bits per heavy atom. The molecule has 0 bridgehead atoms. The minimum absolute atomic E-state index is 0.00560. The summed E-state index contributed by atoms with van der Waals surface area (Å²) in [6.45, 7) is 2.12. The highest BCUT2D eigenvalue weighted by atomic mass is 32.1. The Balaban J connectivity index is 2.23. The molecule has 0 aliphatic heterocycles. The van der Waals surface area contributed by atoms with E-state index in [0.717, 1.165) is 10.2 Å². The van der Waals surface area contributed by atoms with Gasteiger partial charge in [0, 0.05) is 27.3 Å². The molecule has 20 heavy (non-hydrogen) atoms. The minimum atomic E-state index is -0.00560. The van der Waals surface area contributed by atoms with Crippen LogP contribution in [-0.4, -0.2) is 56.3 Å². The molecule has 0 aliphatic rings. The monoisotopic (exact) mass is 294 g/mol. The van der Waals surface area contributed by atoms with E-state index in [1.165, 1.54) is 11.3 Å². The summed E-state index contributed by atoms with van der Waals surface area (Å²) in [5.74, 6) is -0.00560. The molecule has 0 N–H and O–H groups in total. The molecule has 0 atom stereocenters. The average Bonchev–Trinajstić information content (AvgIpc) is 2.95. The molecule has 2 aromatic rings. The maximum Gasteiger partial charge on any atom is 0.255 e. The van der Waals surface area contributed by atoms with Gasteiger partial charge in [-0.15, -0.1) is 11.3 Å². The van der Waals surface area contributed by atoms with Gasteiger partial charge in [-0.3, -0.25) is 4.79 Å². The third-order valence-electron chi connectivity index (χ3n) is 3.00. The molecule has 0 saturated carbocycles. The molecule has 108 valence electrons. The summed E-state index contributed by atoms with van der Waals surface area (Å²) in [5, 5.41) is 0. The fourth-order valence-corrected chi connectivity index (χ4v) is 2.74.